The van der Waals surface area contributed by atoms with Crippen molar-refractivity contribution in [2.24, 2.45) is 0 Å². The average Bonchev–Trinajstić information content (AvgIpc) is 2.84. The van der Waals surface area contributed by atoms with Crippen molar-refractivity contribution in [2.75, 3.05) is 11.5 Å². The number of fused-ring (bicyclic) bond motifs is 1. The molecule has 1 unspecified atom stereocenters. The predicted molar refractivity (Wildman–Crippen MR) is 111 cm³/mol. The van der Waals surface area contributed by atoms with E-state index in [4.69, 9.17) is 4.74 Å². The van der Waals surface area contributed by atoms with Crippen molar-refractivity contribution in [1.82, 2.24) is 0 Å². The third-order valence-corrected chi connectivity index (χ3v) is 5.35. The topological polar surface area (TPSA) is 66.8 Å². The van der Waals surface area contributed by atoms with Gasteiger partial charge in [0.2, 0.25) is 0 Å². The lowest BCUT2D eigenvalue weighted by Gasteiger charge is -2.23. The lowest BCUT2D eigenvalue weighted by atomic mass is 9.90. The molecule has 0 bridgehead atoms. The van der Waals surface area contributed by atoms with Crippen molar-refractivity contribution >= 4 is 33.3 Å². The van der Waals surface area contributed by atoms with E-state index in [9.17, 15) is 14.7 Å². The molecule has 0 spiro atoms. The molecular weight excluding hydrogens is 422 g/mol. The standard InChI is InChI=1S/C22H24BrNO4/c1-3-4-11-28-20-8-6-5-7-16(20)14-24-19-10-9-17(23)12-18(19)22(27,21(24)26)13-15(2)25/h5-10,12,27H,3-4,11,13-14H2,1-2H3. The Kier molecular flexibility index (Phi) is 6.20. The van der Waals surface area contributed by atoms with Gasteiger partial charge in [0.1, 0.15) is 11.5 Å². The van der Waals surface area contributed by atoms with Gasteiger partial charge < -0.3 is 14.7 Å². The largest absolute Gasteiger partial charge is 0.493 e. The number of carbonyl (C=O) groups is 2. The van der Waals surface area contributed by atoms with Crippen LogP contribution in [0, 0.1) is 0 Å². The van der Waals surface area contributed by atoms with Gasteiger partial charge in [0, 0.05) is 22.0 Å². The zero-order chi connectivity index (χ0) is 20.3. The van der Waals surface area contributed by atoms with Crippen LogP contribution in [-0.4, -0.2) is 23.4 Å². The quantitative estimate of drug-likeness (QED) is 0.613. The van der Waals surface area contributed by atoms with Crippen LogP contribution in [0.4, 0.5) is 5.69 Å². The van der Waals surface area contributed by atoms with E-state index >= 15 is 0 Å². The number of ketones is 1. The predicted octanol–water partition coefficient (Wildman–Crippen LogP) is 4.34. The zero-order valence-corrected chi connectivity index (χ0v) is 17.7. The molecule has 3 rings (SSSR count). The highest BCUT2D eigenvalue weighted by Crippen LogP contribution is 2.44. The summed E-state index contributed by atoms with van der Waals surface area (Å²) < 4.78 is 6.63. The third kappa shape index (κ3) is 3.98. The van der Waals surface area contributed by atoms with Crippen molar-refractivity contribution in [3.05, 3.63) is 58.1 Å². The molecule has 1 aliphatic heterocycles. The molecule has 1 atom stereocenters. The highest BCUT2D eigenvalue weighted by molar-refractivity contribution is 9.10. The van der Waals surface area contributed by atoms with Crippen molar-refractivity contribution in [1.29, 1.82) is 0 Å². The fourth-order valence-corrected chi connectivity index (χ4v) is 3.84. The number of halogens is 1. The Hall–Kier alpha value is -2.18. The van der Waals surface area contributed by atoms with Crippen LogP contribution in [0.5, 0.6) is 5.75 Å². The molecule has 2 aromatic carbocycles. The van der Waals surface area contributed by atoms with E-state index in [0.29, 0.717) is 17.9 Å². The van der Waals surface area contributed by atoms with Crippen LogP contribution in [0.25, 0.3) is 0 Å². The van der Waals surface area contributed by atoms with Crippen molar-refractivity contribution in [3.63, 3.8) is 0 Å². The van der Waals surface area contributed by atoms with Gasteiger partial charge in [-0.25, -0.2) is 0 Å². The van der Waals surface area contributed by atoms with Gasteiger partial charge >= 0.3 is 0 Å². The maximum Gasteiger partial charge on any atom is 0.264 e. The summed E-state index contributed by atoms with van der Waals surface area (Å²) in [6.45, 7) is 4.35. The second-order valence-corrected chi connectivity index (χ2v) is 8.02. The van der Waals surface area contributed by atoms with Gasteiger partial charge in [0.05, 0.1) is 18.8 Å². The molecule has 0 fully saturated rings. The first-order chi connectivity index (χ1) is 13.4. The van der Waals surface area contributed by atoms with Crippen molar-refractivity contribution < 1.29 is 19.4 Å². The molecule has 0 aromatic heterocycles. The molecule has 0 aliphatic carbocycles. The number of ether oxygens (including phenoxy) is 1. The van der Waals surface area contributed by atoms with Gasteiger partial charge in [-0.15, -0.1) is 0 Å². The van der Waals surface area contributed by atoms with Gasteiger partial charge in [-0.3, -0.25) is 9.59 Å². The molecule has 1 amide bonds. The highest BCUT2D eigenvalue weighted by atomic mass is 79.9. The molecule has 0 saturated carbocycles. The van der Waals surface area contributed by atoms with E-state index in [1.165, 1.54) is 11.8 Å². The molecular formula is C22H24BrNO4. The number of para-hydroxylation sites is 1. The second-order valence-electron chi connectivity index (χ2n) is 7.10. The van der Waals surface area contributed by atoms with E-state index in [2.05, 4.69) is 22.9 Å². The first-order valence-corrected chi connectivity index (χ1v) is 10.2. The van der Waals surface area contributed by atoms with Crippen LogP contribution in [0.2, 0.25) is 0 Å². The molecule has 1 aliphatic rings. The zero-order valence-electron chi connectivity index (χ0n) is 16.1. The maximum absolute atomic E-state index is 13.2. The summed E-state index contributed by atoms with van der Waals surface area (Å²) in [6, 6.07) is 12.9. The highest BCUT2D eigenvalue weighted by Gasteiger charge is 2.50. The SMILES string of the molecule is CCCCOc1ccccc1CN1C(=O)C(O)(CC(C)=O)c2cc(Br)ccc21. The fourth-order valence-electron chi connectivity index (χ4n) is 3.48. The van der Waals surface area contributed by atoms with Gasteiger partial charge in [0.25, 0.3) is 5.91 Å². The monoisotopic (exact) mass is 445 g/mol. The van der Waals surface area contributed by atoms with Crippen LogP contribution in [0.1, 0.15) is 44.2 Å². The lowest BCUT2D eigenvalue weighted by Crippen LogP contribution is -2.41. The Bertz CT molecular complexity index is 898. The molecule has 0 saturated heterocycles. The first kappa shape index (κ1) is 20.6. The van der Waals surface area contributed by atoms with E-state index in [1.807, 2.05) is 30.3 Å². The smallest absolute Gasteiger partial charge is 0.264 e. The molecule has 1 N–H and O–H groups in total. The number of hydrogen-bond donors (Lipinski definition) is 1. The van der Waals surface area contributed by atoms with E-state index < -0.39 is 11.5 Å². The summed E-state index contributed by atoms with van der Waals surface area (Å²) in [4.78, 5) is 26.5. The summed E-state index contributed by atoms with van der Waals surface area (Å²) in [5.74, 6) is -0.00416. The van der Waals surface area contributed by atoms with Crippen LogP contribution >= 0.6 is 15.9 Å². The Morgan fingerprint density at radius 3 is 2.71 bits per heavy atom. The number of aliphatic hydroxyl groups is 1. The van der Waals surface area contributed by atoms with Crippen LogP contribution in [-0.2, 0) is 21.7 Å². The number of carbonyl (C=O) groups excluding carboxylic acids is 2. The Balaban J connectivity index is 1.96. The molecule has 0 radical (unpaired) electrons. The van der Waals surface area contributed by atoms with Crippen LogP contribution in [0.15, 0.2) is 46.9 Å². The summed E-state index contributed by atoms with van der Waals surface area (Å²) in [6.07, 6.45) is 1.74. The van der Waals surface area contributed by atoms with Gasteiger partial charge in [-0.2, -0.15) is 0 Å². The molecule has 148 valence electrons. The summed E-state index contributed by atoms with van der Waals surface area (Å²) in [7, 11) is 0. The Morgan fingerprint density at radius 2 is 2.00 bits per heavy atom. The minimum absolute atomic E-state index is 0.244. The summed E-state index contributed by atoms with van der Waals surface area (Å²) in [5.41, 5.74) is 0.0721. The van der Waals surface area contributed by atoms with Crippen LogP contribution < -0.4 is 9.64 Å². The van der Waals surface area contributed by atoms with Crippen LogP contribution in [0.3, 0.4) is 0 Å². The van der Waals surface area contributed by atoms with Gasteiger partial charge in [-0.05, 0) is 37.6 Å². The molecule has 6 heteroatoms. The molecule has 28 heavy (non-hydrogen) atoms. The van der Waals surface area contributed by atoms with Gasteiger partial charge in [0.15, 0.2) is 5.60 Å². The Morgan fingerprint density at radius 1 is 1.25 bits per heavy atom. The number of amides is 1. The van der Waals surface area contributed by atoms with E-state index in [-0.39, 0.29) is 18.7 Å². The second kappa shape index (κ2) is 8.45. The van der Waals surface area contributed by atoms with E-state index in [0.717, 1.165) is 28.6 Å². The first-order valence-electron chi connectivity index (χ1n) is 9.41. The number of unbranched alkanes of at least 4 members (excludes halogenated alkanes) is 1. The number of anilines is 1. The van der Waals surface area contributed by atoms with Crippen molar-refractivity contribution in [3.8, 4) is 5.75 Å². The maximum atomic E-state index is 13.2. The number of hydrogen-bond acceptors (Lipinski definition) is 4. The molecule has 2 aromatic rings. The molecule has 1 heterocycles. The van der Waals surface area contributed by atoms with Crippen molar-refractivity contribution in [2.45, 2.75) is 45.3 Å². The van der Waals surface area contributed by atoms with Gasteiger partial charge in [-0.1, -0.05) is 47.5 Å². The fraction of sp³-hybridized carbons (Fsp3) is 0.364. The lowest BCUT2D eigenvalue weighted by molar-refractivity contribution is -0.141. The number of nitrogens with zero attached hydrogens (tertiary/aromatic N) is 1. The Labute approximate surface area is 173 Å². The normalized spacial score (nSPS) is 18.3. The van der Waals surface area contributed by atoms with E-state index in [1.54, 1.807) is 12.1 Å². The molecule has 5 nitrogen and oxygen atoms in total. The number of Topliss-reactive ketones (excluding diaryl/α,β-unsaturated/α-hetero) is 1. The number of rotatable bonds is 8. The number of benzene rings is 2. The minimum Gasteiger partial charge on any atom is -0.493 e. The summed E-state index contributed by atoms with van der Waals surface area (Å²) in [5, 5.41) is 11.1. The average molecular weight is 446 g/mol. The third-order valence-electron chi connectivity index (χ3n) is 4.86. The summed E-state index contributed by atoms with van der Waals surface area (Å²) >= 11 is 3.39. The minimum atomic E-state index is -1.84.